The highest BCUT2D eigenvalue weighted by Gasteiger charge is 2.21. The summed E-state index contributed by atoms with van der Waals surface area (Å²) in [6, 6.07) is 11.5. The number of hydrogen-bond acceptors (Lipinski definition) is 8. The van der Waals surface area contributed by atoms with Crippen molar-refractivity contribution < 1.29 is 42.1 Å². The second-order valence-corrected chi connectivity index (χ2v) is 13.6. The van der Waals surface area contributed by atoms with Crippen molar-refractivity contribution in [2.24, 2.45) is 11.8 Å². The molecule has 4 atom stereocenters. The molecule has 0 aromatic heterocycles. The number of rotatable bonds is 23. The first kappa shape index (κ1) is 38.0. The van der Waals surface area contributed by atoms with E-state index in [0.29, 0.717) is 58.1 Å². The zero-order valence-electron chi connectivity index (χ0n) is 27.9. The molecule has 3 rings (SSSR count). The molecule has 0 spiro atoms. The van der Waals surface area contributed by atoms with Gasteiger partial charge in [-0.3, -0.25) is 4.55 Å². The van der Waals surface area contributed by atoms with Crippen LogP contribution in [-0.2, 0) is 19.6 Å². The molecule has 3 aromatic rings. The van der Waals surface area contributed by atoms with Crippen LogP contribution in [0.1, 0.15) is 79.1 Å². The molecule has 3 aromatic carbocycles. The molecule has 0 saturated carbocycles. The van der Waals surface area contributed by atoms with Crippen LogP contribution in [0.5, 0.6) is 11.5 Å². The van der Waals surface area contributed by atoms with E-state index in [0.717, 1.165) is 51.4 Å². The minimum Gasteiger partial charge on any atom is -0.489 e. The molecule has 0 radical (unpaired) electrons. The van der Waals surface area contributed by atoms with Crippen LogP contribution in [0.15, 0.2) is 47.4 Å². The second-order valence-electron chi connectivity index (χ2n) is 12.2. The summed E-state index contributed by atoms with van der Waals surface area (Å²) in [5.74, 6) is 2.00. The second kappa shape index (κ2) is 19.4. The van der Waals surface area contributed by atoms with E-state index in [2.05, 4.69) is 27.7 Å². The van der Waals surface area contributed by atoms with Gasteiger partial charge in [-0.2, -0.15) is 8.42 Å². The number of aliphatic hydroxyl groups excluding tert-OH is 2. The Labute approximate surface area is 274 Å². The fourth-order valence-electron chi connectivity index (χ4n) is 5.87. The van der Waals surface area contributed by atoms with Gasteiger partial charge in [-0.05, 0) is 42.9 Å². The summed E-state index contributed by atoms with van der Waals surface area (Å²) in [6.45, 7) is 9.94. The summed E-state index contributed by atoms with van der Waals surface area (Å²) in [5.41, 5.74) is 0. The average molecular weight is 663 g/mol. The molecule has 4 unspecified atom stereocenters. The van der Waals surface area contributed by atoms with E-state index < -0.39 is 22.3 Å². The van der Waals surface area contributed by atoms with E-state index in [9.17, 15) is 23.2 Å². The Balaban J connectivity index is 1.79. The topological polar surface area (TPSA) is 132 Å². The lowest BCUT2D eigenvalue weighted by molar-refractivity contribution is 0.00803. The van der Waals surface area contributed by atoms with Gasteiger partial charge in [0.2, 0.25) is 0 Å². The zero-order valence-corrected chi connectivity index (χ0v) is 28.8. The van der Waals surface area contributed by atoms with Crippen molar-refractivity contribution in [3.63, 3.8) is 0 Å². The first-order valence-electron chi connectivity index (χ1n) is 16.9. The predicted octanol–water partition coefficient (Wildman–Crippen LogP) is 7.19. The van der Waals surface area contributed by atoms with Gasteiger partial charge in [0.05, 0.1) is 18.1 Å². The Hall–Kier alpha value is -2.47. The molecule has 0 amide bonds. The van der Waals surface area contributed by atoms with Crippen molar-refractivity contribution in [1.29, 1.82) is 0 Å². The van der Waals surface area contributed by atoms with Crippen molar-refractivity contribution in [3.8, 4) is 11.5 Å². The Kier molecular flexibility index (Phi) is 16.0. The third-order valence-corrected chi connectivity index (χ3v) is 9.39. The van der Waals surface area contributed by atoms with Crippen LogP contribution in [0, 0.1) is 11.8 Å². The van der Waals surface area contributed by atoms with Crippen molar-refractivity contribution in [2.75, 3.05) is 39.6 Å². The van der Waals surface area contributed by atoms with Crippen molar-refractivity contribution in [1.82, 2.24) is 0 Å². The lowest BCUT2D eigenvalue weighted by atomic mass is 9.98. The third kappa shape index (κ3) is 11.3. The van der Waals surface area contributed by atoms with Gasteiger partial charge >= 0.3 is 0 Å². The van der Waals surface area contributed by atoms with Gasteiger partial charge in [-0.1, -0.05) is 90.5 Å². The fourth-order valence-corrected chi connectivity index (χ4v) is 6.37. The van der Waals surface area contributed by atoms with Gasteiger partial charge in [0, 0.05) is 34.8 Å². The molecule has 258 valence electrons. The normalized spacial score (nSPS) is 14.8. The highest BCUT2D eigenvalue weighted by Crippen LogP contribution is 2.43. The maximum Gasteiger partial charge on any atom is 0.294 e. The van der Waals surface area contributed by atoms with Crippen molar-refractivity contribution >= 4 is 31.7 Å². The minimum absolute atomic E-state index is 0.0429. The molecule has 0 aliphatic carbocycles. The summed E-state index contributed by atoms with van der Waals surface area (Å²) < 4.78 is 57.8. The van der Waals surface area contributed by atoms with Crippen LogP contribution in [-0.4, -0.2) is 75.0 Å². The summed E-state index contributed by atoms with van der Waals surface area (Å²) in [5, 5.41) is 23.6. The van der Waals surface area contributed by atoms with E-state index >= 15 is 0 Å². The van der Waals surface area contributed by atoms with Crippen molar-refractivity contribution in [3.05, 3.63) is 42.5 Å². The van der Waals surface area contributed by atoms with Gasteiger partial charge in [-0.15, -0.1) is 0 Å². The monoisotopic (exact) mass is 662 g/mol. The largest absolute Gasteiger partial charge is 0.489 e. The summed E-state index contributed by atoms with van der Waals surface area (Å²) in [6.07, 6.45) is 6.89. The number of aliphatic hydroxyl groups is 2. The van der Waals surface area contributed by atoms with Crippen LogP contribution in [0.4, 0.5) is 0 Å². The Morgan fingerprint density at radius 3 is 1.52 bits per heavy atom. The number of benzene rings is 3. The first-order valence-corrected chi connectivity index (χ1v) is 18.3. The maximum atomic E-state index is 12.1. The van der Waals surface area contributed by atoms with E-state index in [1.165, 1.54) is 12.1 Å². The number of hydrogen-bond donors (Lipinski definition) is 3. The van der Waals surface area contributed by atoms with E-state index in [4.69, 9.17) is 18.9 Å². The quantitative estimate of drug-likeness (QED) is 0.0549. The van der Waals surface area contributed by atoms with Crippen molar-refractivity contribution in [2.45, 2.75) is 96.2 Å². The predicted molar refractivity (Wildman–Crippen MR) is 183 cm³/mol. The Morgan fingerprint density at radius 2 is 1.09 bits per heavy atom. The standard InChI is InChI=1S/C36H54O9S/c1-5-11-26(7-3)17-19-42-22-28(37)24-44-35-31-13-9-10-14-32(31)36(34-21-30(46(39,40)41)15-16-33(34)35)45-25-29(38)23-43-20-18-27(8-4)12-6-2/h9-10,13-16,21,26-29,37-38H,5-8,11-12,17-20,22-25H2,1-4H3,(H,39,40,41). The lowest BCUT2D eigenvalue weighted by Gasteiger charge is -2.21. The molecular formula is C36H54O9S. The summed E-state index contributed by atoms with van der Waals surface area (Å²) in [4.78, 5) is -0.297. The van der Waals surface area contributed by atoms with Gasteiger partial charge in [-0.25, -0.2) is 0 Å². The highest BCUT2D eigenvalue weighted by molar-refractivity contribution is 7.85. The molecule has 0 heterocycles. The molecule has 10 heteroatoms. The summed E-state index contributed by atoms with van der Waals surface area (Å²) >= 11 is 0. The molecule has 0 saturated heterocycles. The molecule has 0 aliphatic heterocycles. The van der Waals surface area contributed by atoms with Gasteiger partial charge in [0.15, 0.2) is 0 Å². The number of fused-ring (bicyclic) bond motifs is 2. The van der Waals surface area contributed by atoms with Gasteiger partial charge < -0.3 is 29.2 Å². The highest BCUT2D eigenvalue weighted by atomic mass is 32.2. The molecular weight excluding hydrogens is 608 g/mol. The van der Waals surface area contributed by atoms with E-state index in [1.54, 1.807) is 6.07 Å². The Morgan fingerprint density at radius 1 is 0.630 bits per heavy atom. The smallest absolute Gasteiger partial charge is 0.294 e. The average Bonchev–Trinajstić information content (AvgIpc) is 3.04. The molecule has 0 bridgehead atoms. The molecule has 3 N–H and O–H groups in total. The van der Waals surface area contributed by atoms with Gasteiger partial charge in [0.25, 0.3) is 10.1 Å². The van der Waals surface area contributed by atoms with E-state index in [1.807, 2.05) is 24.3 Å². The van der Waals surface area contributed by atoms with Crippen LogP contribution in [0.25, 0.3) is 21.5 Å². The third-order valence-electron chi connectivity index (χ3n) is 8.54. The van der Waals surface area contributed by atoms with Gasteiger partial charge in [0.1, 0.15) is 36.9 Å². The lowest BCUT2D eigenvalue weighted by Crippen LogP contribution is -2.24. The van der Waals surface area contributed by atoms with Crippen LogP contribution in [0.3, 0.4) is 0 Å². The molecule has 9 nitrogen and oxygen atoms in total. The minimum atomic E-state index is -4.51. The zero-order chi connectivity index (χ0) is 33.5. The summed E-state index contributed by atoms with van der Waals surface area (Å²) in [7, 11) is -4.51. The molecule has 46 heavy (non-hydrogen) atoms. The molecule has 0 aliphatic rings. The first-order chi connectivity index (χ1) is 22.1. The number of ether oxygens (including phenoxy) is 4. The van der Waals surface area contributed by atoms with Crippen LogP contribution >= 0.6 is 0 Å². The molecule has 0 fully saturated rings. The Bertz CT molecular complexity index is 1440. The van der Waals surface area contributed by atoms with Crippen LogP contribution < -0.4 is 9.47 Å². The van der Waals surface area contributed by atoms with E-state index in [-0.39, 0.29) is 31.3 Å². The SMILES string of the molecule is CCCC(CC)CCOCC(O)COc1c2ccccc2c(OCC(O)COCCC(CC)CCC)c2cc(S(=O)(=O)O)ccc12. The van der Waals surface area contributed by atoms with Crippen LogP contribution in [0.2, 0.25) is 0 Å². The fraction of sp³-hybridized carbons (Fsp3) is 0.611. The maximum absolute atomic E-state index is 12.1.